The molecule has 0 radical (unpaired) electrons. The Labute approximate surface area is 113 Å². The van der Waals surface area contributed by atoms with E-state index in [0.29, 0.717) is 21.3 Å². The van der Waals surface area contributed by atoms with Gasteiger partial charge in [-0.25, -0.2) is 4.98 Å². The van der Waals surface area contributed by atoms with E-state index in [1.807, 2.05) is 0 Å². The number of carbonyl (C=O) groups is 2. The number of pyridine rings is 1. The van der Waals surface area contributed by atoms with Gasteiger partial charge >= 0.3 is 5.97 Å². The number of aryl methyl sites for hydroxylation is 1. The van der Waals surface area contributed by atoms with Crippen LogP contribution in [-0.2, 0) is 11.2 Å². The average molecular weight is 277 g/mol. The zero-order chi connectivity index (χ0) is 13.8. The van der Waals surface area contributed by atoms with E-state index in [0.717, 1.165) is 0 Å². The van der Waals surface area contributed by atoms with E-state index in [-0.39, 0.29) is 12.3 Å². The summed E-state index contributed by atoms with van der Waals surface area (Å²) in [6.07, 6.45) is 2.96. The minimum absolute atomic E-state index is 0.0887. The predicted molar refractivity (Wildman–Crippen MR) is 70.4 cm³/mol. The van der Waals surface area contributed by atoms with Crippen molar-refractivity contribution in [3.8, 4) is 0 Å². The van der Waals surface area contributed by atoms with Gasteiger partial charge in [-0.15, -0.1) is 11.3 Å². The Balaban J connectivity index is 2.12. The zero-order valence-corrected chi connectivity index (χ0v) is 10.9. The number of carboxylic acids is 1. The summed E-state index contributed by atoms with van der Waals surface area (Å²) in [6, 6.07) is 3.18. The Kier molecular flexibility index (Phi) is 3.86. The average Bonchev–Trinajstić information content (AvgIpc) is 2.70. The molecule has 0 aliphatic heterocycles. The molecule has 19 heavy (non-hydrogen) atoms. The summed E-state index contributed by atoms with van der Waals surface area (Å²) >= 11 is 1.17. The van der Waals surface area contributed by atoms with E-state index in [2.05, 4.69) is 15.3 Å². The summed E-state index contributed by atoms with van der Waals surface area (Å²) in [5, 5.41) is 11.8. The summed E-state index contributed by atoms with van der Waals surface area (Å²) in [7, 11) is 0. The van der Waals surface area contributed by atoms with E-state index in [1.54, 1.807) is 19.1 Å². The zero-order valence-electron chi connectivity index (χ0n) is 10.1. The third-order valence-electron chi connectivity index (χ3n) is 2.37. The first-order chi connectivity index (χ1) is 9.06. The number of rotatable bonds is 4. The topological polar surface area (TPSA) is 92.2 Å². The van der Waals surface area contributed by atoms with Crippen molar-refractivity contribution in [3.05, 3.63) is 40.7 Å². The Bertz CT molecular complexity index is 610. The van der Waals surface area contributed by atoms with Gasteiger partial charge < -0.3 is 5.11 Å². The van der Waals surface area contributed by atoms with E-state index in [9.17, 15) is 9.59 Å². The minimum atomic E-state index is -0.918. The molecule has 7 heteroatoms. The maximum Gasteiger partial charge on any atom is 0.308 e. The molecule has 0 spiro atoms. The van der Waals surface area contributed by atoms with Crippen LogP contribution in [0.2, 0.25) is 0 Å². The first-order valence-electron chi connectivity index (χ1n) is 5.45. The highest BCUT2D eigenvalue weighted by atomic mass is 32.1. The highest BCUT2D eigenvalue weighted by molar-refractivity contribution is 7.16. The van der Waals surface area contributed by atoms with E-state index in [4.69, 9.17) is 5.11 Å². The number of carboxylic acid groups (broad SMARTS) is 1. The van der Waals surface area contributed by atoms with Crippen LogP contribution in [0.15, 0.2) is 24.5 Å². The maximum absolute atomic E-state index is 11.9. The second kappa shape index (κ2) is 5.57. The molecule has 2 aromatic heterocycles. The molecular formula is C12H11N3O3S. The fourth-order valence-corrected chi connectivity index (χ4v) is 2.40. The number of nitrogens with one attached hydrogen (secondary N) is 1. The maximum atomic E-state index is 11.9. The number of nitrogens with zero attached hydrogens (tertiary/aromatic N) is 2. The molecule has 98 valence electrons. The number of amides is 1. The normalized spacial score (nSPS) is 10.2. The predicted octanol–water partition coefficient (Wildman–Crippen LogP) is 1.73. The summed E-state index contributed by atoms with van der Waals surface area (Å²) in [5.74, 6) is -1.21. The van der Waals surface area contributed by atoms with Gasteiger partial charge in [-0.3, -0.25) is 19.9 Å². The van der Waals surface area contributed by atoms with Gasteiger partial charge in [0, 0.05) is 22.8 Å². The van der Waals surface area contributed by atoms with Crippen LogP contribution in [0.5, 0.6) is 0 Å². The second-order valence-electron chi connectivity index (χ2n) is 3.79. The lowest BCUT2D eigenvalue weighted by Gasteiger charge is -2.00. The first kappa shape index (κ1) is 13.2. The van der Waals surface area contributed by atoms with Crippen molar-refractivity contribution < 1.29 is 14.7 Å². The molecule has 2 aromatic rings. The highest BCUT2D eigenvalue weighted by Crippen LogP contribution is 2.23. The fraction of sp³-hybridized carbons (Fsp3) is 0.167. The standard InChI is InChI=1S/C12H11N3O3S/c1-7-9(6-10(16)17)19-12(14-7)15-11(18)8-2-4-13-5-3-8/h2-5H,6H2,1H3,(H,16,17)(H,14,15,18). The number of aliphatic carboxylic acids is 1. The van der Waals surface area contributed by atoms with Crippen LogP contribution in [0.4, 0.5) is 5.13 Å². The SMILES string of the molecule is Cc1nc(NC(=O)c2ccncc2)sc1CC(=O)O. The van der Waals surface area contributed by atoms with Crippen molar-refractivity contribution in [1.29, 1.82) is 0 Å². The number of carbonyl (C=O) groups excluding carboxylic acids is 1. The molecule has 6 nitrogen and oxygen atoms in total. The van der Waals surface area contributed by atoms with Crippen LogP contribution in [0.25, 0.3) is 0 Å². The van der Waals surface area contributed by atoms with Gasteiger partial charge in [-0.05, 0) is 19.1 Å². The van der Waals surface area contributed by atoms with Gasteiger partial charge in [0.25, 0.3) is 5.91 Å². The summed E-state index contributed by atoms with van der Waals surface area (Å²) < 4.78 is 0. The molecule has 0 saturated carbocycles. The van der Waals surface area contributed by atoms with Gasteiger partial charge in [-0.2, -0.15) is 0 Å². The van der Waals surface area contributed by atoms with E-state index in [1.165, 1.54) is 23.7 Å². The van der Waals surface area contributed by atoms with Gasteiger partial charge in [0.2, 0.25) is 0 Å². The van der Waals surface area contributed by atoms with Crippen molar-refractivity contribution in [2.24, 2.45) is 0 Å². The van der Waals surface area contributed by atoms with Crippen LogP contribution in [0, 0.1) is 6.92 Å². The number of hydrogen-bond donors (Lipinski definition) is 2. The Hall–Kier alpha value is -2.28. The third-order valence-corrected chi connectivity index (χ3v) is 3.44. The van der Waals surface area contributed by atoms with Crippen LogP contribution in [-0.4, -0.2) is 27.0 Å². The molecule has 2 rings (SSSR count). The highest BCUT2D eigenvalue weighted by Gasteiger charge is 2.13. The first-order valence-corrected chi connectivity index (χ1v) is 6.27. The van der Waals surface area contributed by atoms with Crippen molar-refractivity contribution in [2.75, 3.05) is 5.32 Å². The molecule has 0 unspecified atom stereocenters. The van der Waals surface area contributed by atoms with Crippen LogP contribution < -0.4 is 5.32 Å². The third kappa shape index (κ3) is 3.35. The van der Waals surface area contributed by atoms with E-state index >= 15 is 0 Å². The molecule has 0 fully saturated rings. The summed E-state index contributed by atoms with van der Waals surface area (Å²) in [6.45, 7) is 1.72. The monoisotopic (exact) mass is 277 g/mol. The number of aromatic nitrogens is 2. The van der Waals surface area contributed by atoms with Crippen molar-refractivity contribution in [2.45, 2.75) is 13.3 Å². The molecule has 0 atom stereocenters. The quantitative estimate of drug-likeness (QED) is 0.887. The fourth-order valence-electron chi connectivity index (χ4n) is 1.46. The van der Waals surface area contributed by atoms with Gasteiger partial charge in [0.15, 0.2) is 5.13 Å². The molecule has 1 amide bonds. The largest absolute Gasteiger partial charge is 0.481 e. The van der Waals surface area contributed by atoms with Gasteiger partial charge in [0.1, 0.15) is 0 Å². The summed E-state index contributed by atoms with van der Waals surface area (Å²) in [4.78, 5) is 31.1. The number of hydrogen-bond acceptors (Lipinski definition) is 5. The lowest BCUT2D eigenvalue weighted by Crippen LogP contribution is -2.11. The van der Waals surface area contributed by atoms with Crippen molar-refractivity contribution in [1.82, 2.24) is 9.97 Å². The Morgan fingerprint density at radius 2 is 2.05 bits per heavy atom. The second-order valence-corrected chi connectivity index (χ2v) is 4.87. The molecule has 2 heterocycles. The lowest BCUT2D eigenvalue weighted by molar-refractivity contribution is -0.136. The lowest BCUT2D eigenvalue weighted by atomic mass is 10.2. The molecule has 0 saturated heterocycles. The van der Waals surface area contributed by atoms with Gasteiger partial charge in [0.05, 0.1) is 12.1 Å². The molecular weight excluding hydrogens is 266 g/mol. The Morgan fingerprint density at radius 3 is 2.68 bits per heavy atom. The number of thiazole rings is 1. The van der Waals surface area contributed by atoms with Crippen LogP contribution in [0.1, 0.15) is 20.9 Å². The van der Waals surface area contributed by atoms with Crippen LogP contribution in [0.3, 0.4) is 0 Å². The summed E-state index contributed by atoms with van der Waals surface area (Å²) in [5.41, 5.74) is 1.10. The molecule has 0 aliphatic rings. The molecule has 2 N–H and O–H groups in total. The minimum Gasteiger partial charge on any atom is -0.481 e. The molecule has 0 aromatic carbocycles. The van der Waals surface area contributed by atoms with Crippen molar-refractivity contribution in [3.63, 3.8) is 0 Å². The number of anilines is 1. The van der Waals surface area contributed by atoms with E-state index < -0.39 is 5.97 Å². The van der Waals surface area contributed by atoms with Crippen molar-refractivity contribution >= 4 is 28.3 Å². The Morgan fingerprint density at radius 1 is 1.37 bits per heavy atom. The molecule has 0 aliphatic carbocycles. The molecule has 0 bridgehead atoms. The van der Waals surface area contributed by atoms with Gasteiger partial charge in [-0.1, -0.05) is 0 Å². The smallest absolute Gasteiger partial charge is 0.308 e. The van der Waals surface area contributed by atoms with Crippen LogP contribution >= 0.6 is 11.3 Å².